The van der Waals surface area contributed by atoms with Gasteiger partial charge in [0.25, 0.3) is 0 Å². The predicted molar refractivity (Wildman–Crippen MR) is 126 cm³/mol. The van der Waals surface area contributed by atoms with Crippen molar-refractivity contribution in [2.24, 2.45) is 5.92 Å². The van der Waals surface area contributed by atoms with Crippen molar-refractivity contribution < 1.29 is 5.32 Å². The second-order valence-electron chi connectivity index (χ2n) is 9.56. The standard InChI is InChI=1S/C25H29N7/c1-14-11-26-8-7-20(14)30-25-22-19(16-4-3-5-16)12-27-13-21(22)31-24(32-25)17-6-9-28-23-18(17)10-15(2)29-23/h6,9-10,12-14,16,20,26H,3-5,7-8,11H2,1-2H3,(H,28,29)(H,30,31,32)/p+1/t14-,20?/m0/s1. The monoisotopic (exact) mass is 428 g/mol. The maximum atomic E-state index is 5.20. The van der Waals surface area contributed by atoms with Gasteiger partial charge in [-0.15, -0.1) is 0 Å². The first-order valence-electron chi connectivity index (χ1n) is 11.8. The molecule has 1 aliphatic carbocycles. The van der Waals surface area contributed by atoms with Crippen LogP contribution in [0, 0.1) is 12.8 Å². The summed E-state index contributed by atoms with van der Waals surface area (Å²) in [6.45, 7) is 6.51. The molecule has 1 saturated carbocycles. The first kappa shape index (κ1) is 19.8. The molecule has 6 rings (SSSR count). The normalized spacial score (nSPS) is 21.8. The molecule has 4 aromatic heterocycles. The topological polar surface area (TPSA) is 96.0 Å². The van der Waals surface area contributed by atoms with Gasteiger partial charge in [0.05, 0.1) is 23.1 Å². The zero-order chi connectivity index (χ0) is 21.7. The van der Waals surface area contributed by atoms with Crippen molar-refractivity contribution in [1.29, 1.82) is 0 Å². The Bertz CT molecular complexity index is 1290. The van der Waals surface area contributed by atoms with Crippen molar-refractivity contribution in [2.45, 2.75) is 51.5 Å². The molecule has 7 heteroatoms. The van der Waals surface area contributed by atoms with Crippen LogP contribution >= 0.6 is 0 Å². The fourth-order valence-corrected chi connectivity index (χ4v) is 5.25. The molecule has 164 valence electrons. The minimum Gasteiger partial charge on any atom is -0.344 e. The van der Waals surface area contributed by atoms with Crippen molar-refractivity contribution in [3.63, 3.8) is 0 Å². The number of aryl methyl sites for hydroxylation is 1. The Labute approximate surface area is 187 Å². The Morgan fingerprint density at radius 3 is 2.84 bits per heavy atom. The lowest BCUT2D eigenvalue weighted by Gasteiger charge is -2.29. The first-order chi connectivity index (χ1) is 15.7. The molecule has 4 aromatic rings. The van der Waals surface area contributed by atoms with E-state index in [0.29, 0.717) is 17.9 Å². The van der Waals surface area contributed by atoms with Gasteiger partial charge in [-0.2, -0.15) is 4.98 Å². The highest BCUT2D eigenvalue weighted by Gasteiger charge is 2.30. The van der Waals surface area contributed by atoms with Crippen LogP contribution in [-0.2, 0) is 0 Å². The molecule has 0 aromatic carbocycles. The van der Waals surface area contributed by atoms with Gasteiger partial charge in [-0.05, 0) is 43.4 Å². The van der Waals surface area contributed by atoms with E-state index >= 15 is 0 Å². The molecule has 2 aliphatic rings. The minimum atomic E-state index is 0.511. The number of pyridine rings is 2. The summed E-state index contributed by atoms with van der Waals surface area (Å²) < 4.78 is 0. The molecular formula is C25H30N7+. The van der Waals surface area contributed by atoms with Gasteiger partial charge >= 0.3 is 0 Å². The van der Waals surface area contributed by atoms with Gasteiger partial charge in [0.2, 0.25) is 5.82 Å². The van der Waals surface area contributed by atoms with Crippen LogP contribution in [0.2, 0.25) is 0 Å². The van der Waals surface area contributed by atoms with E-state index in [0.717, 1.165) is 59.0 Å². The average Bonchev–Trinajstić information content (AvgIpc) is 3.14. The summed E-state index contributed by atoms with van der Waals surface area (Å²) in [6.07, 6.45) is 10.7. The van der Waals surface area contributed by atoms with Crippen LogP contribution in [0.3, 0.4) is 0 Å². The van der Waals surface area contributed by atoms with Crippen molar-refractivity contribution in [3.8, 4) is 11.4 Å². The van der Waals surface area contributed by atoms with Gasteiger partial charge in [-0.3, -0.25) is 10.3 Å². The molecule has 1 aliphatic heterocycles. The smallest absolute Gasteiger partial charge is 0.236 e. The van der Waals surface area contributed by atoms with Crippen LogP contribution in [0.25, 0.3) is 33.3 Å². The fraction of sp³-hybridized carbons (Fsp3) is 0.440. The van der Waals surface area contributed by atoms with Crippen molar-refractivity contribution in [3.05, 3.63) is 42.0 Å². The Kier molecular flexibility index (Phi) is 4.88. The number of aromatic nitrogens is 5. The number of fused-ring (bicyclic) bond motifs is 2. The van der Waals surface area contributed by atoms with Crippen molar-refractivity contribution >= 4 is 27.8 Å². The SMILES string of the molecule is Cc1cc2c(-c3nc([NH2+]C4CCNC[C@@H]4C)c4c(C5CCC5)cncc4n3)ccnc2[nH]1. The zero-order valence-electron chi connectivity index (χ0n) is 18.7. The molecule has 0 spiro atoms. The molecule has 0 amide bonds. The van der Waals surface area contributed by atoms with E-state index < -0.39 is 0 Å². The number of H-pyrrole nitrogens is 1. The summed E-state index contributed by atoms with van der Waals surface area (Å²) in [7, 11) is 0. The van der Waals surface area contributed by atoms with Crippen LogP contribution < -0.4 is 10.6 Å². The molecular weight excluding hydrogens is 398 g/mol. The summed E-state index contributed by atoms with van der Waals surface area (Å²) in [5.41, 5.74) is 5.26. The van der Waals surface area contributed by atoms with Crippen LogP contribution in [-0.4, -0.2) is 44.1 Å². The number of nitrogens with zero attached hydrogens (tertiary/aromatic N) is 4. The van der Waals surface area contributed by atoms with E-state index in [1.165, 1.54) is 30.2 Å². The van der Waals surface area contributed by atoms with Crippen LogP contribution in [0.1, 0.15) is 49.8 Å². The molecule has 0 radical (unpaired) electrons. The van der Waals surface area contributed by atoms with Crippen LogP contribution in [0.5, 0.6) is 0 Å². The Morgan fingerprint density at radius 2 is 2.03 bits per heavy atom. The van der Waals surface area contributed by atoms with Crippen molar-refractivity contribution in [1.82, 2.24) is 30.2 Å². The molecule has 2 atom stereocenters. The lowest BCUT2D eigenvalue weighted by molar-refractivity contribution is -0.622. The Hall–Kier alpha value is -2.90. The lowest BCUT2D eigenvalue weighted by atomic mass is 9.79. The van der Waals surface area contributed by atoms with Gasteiger partial charge in [0.15, 0.2) is 5.82 Å². The Balaban J connectivity index is 1.54. The highest BCUT2D eigenvalue weighted by Crippen LogP contribution is 2.40. The van der Waals surface area contributed by atoms with Gasteiger partial charge in [-0.1, -0.05) is 13.3 Å². The van der Waals surface area contributed by atoms with Crippen molar-refractivity contribution in [2.75, 3.05) is 13.1 Å². The minimum absolute atomic E-state index is 0.511. The molecule has 1 saturated heterocycles. The fourth-order valence-electron chi connectivity index (χ4n) is 5.25. The molecule has 1 unspecified atom stereocenters. The number of aromatic amines is 1. The number of quaternary nitrogens is 1. The number of nitrogens with one attached hydrogen (secondary N) is 2. The zero-order valence-corrected chi connectivity index (χ0v) is 18.7. The molecule has 2 fully saturated rings. The average molecular weight is 429 g/mol. The van der Waals surface area contributed by atoms with E-state index in [9.17, 15) is 0 Å². The van der Waals surface area contributed by atoms with Gasteiger partial charge in [0.1, 0.15) is 5.65 Å². The maximum absolute atomic E-state index is 5.20. The third-order valence-electron chi connectivity index (χ3n) is 7.34. The van der Waals surface area contributed by atoms with Gasteiger partial charge in [0, 0.05) is 54.5 Å². The lowest BCUT2D eigenvalue weighted by Crippen LogP contribution is -2.88. The third kappa shape index (κ3) is 3.36. The predicted octanol–water partition coefficient (Wildman–Crippen LogP) is 3.34. The third-order valence-corrected chi connectivity index (χ3v) is 7.34. The summed E-state index contributed by atoms with van der Waals surface area (Å²) in [6, 6.07) is 4.67. The number of hydrogen-bond acceptors (Lipinski definition) is 5. The Morgan fingerprint density at radius 1 is 1.12 bits per heavy atom. The second-order valence-corrected chi connectivity index (χ2v) is 9.56. The van der Waals surface area contributed by atoms with E-state index in [1.54, 1.807) is 0 Å². The van der Waals surface area contributed by atoms with E-state index in [1.807, 2.05) is 18.5 Å². The highest BCUT2D eigenvalue weighted by molar-refractivity contribution is 5.95. The van der Waals surface area contributed by atoms with Gasteiger partial charge < -0.3 is 10.3 Å². The molecule has 5 heterocycles. The summed E-state index contributed by atoms with van der Waals surface area (Å²) >= 11 is 0. The largest absolute Gasteiger partial charge is 0.344 e. The second kappa shape index (κ2) is 7.90. The maximum Gasteiger partial charge on any atom is 0.236 e. The first-order valence-corrected chi connectivity index (χ1v) is 11.8. The highest BCUT2D eigenvalue weighted by atomic mass is 15.1. The summed E-state index contributed by atoms with van der Waals surface area (Å²) in [5.74, 6) is 3.00. The number of nitrogens with two attached hydrogens (primary N) is 1. The number of rotatable bonds is 4. The molecule has 7 nitrogen and oxygen atoms in total. The van der Waals surface area contributed by atoms with E-state index in [4.69, 9.17) is 9.97 Å². The van der Waals surface area contributed by atoms with E-state index in [2.05, 4.69) is 51.7 Å². The molecule has 4 N–H and O–H groups in total. The summed E-state index contributed by atoms with van der Waals surface area (Å²) in [5, 5.41) is 8.21. The van der Waals surface area contributed by atoms with Gasteiger partial charge in [-0.25, -0.2) is 9.97 Å². The van der Waals surface area contributed by atoms with Crippen LogP contribution in [0.15, 0.2) is 30.7 Å². The van der Waals surface area contributed by atoms with Crippen LogP contribution in [0.4, 0.5) is 5.82 Å². The van der Waals surface area contributed by atoms with E-state index in [-0.39, 0.29) is 0 Å². The number of hydrogen-bond donors (Lipinski definition) is 3. The molecule has 0 bridgehead atoms. The number of piperidine rings is 1. The summed E-state index contributed by atoms with van der Waals surface area (Å²) in [4.78, 5) is 22.7. The molecule has 32 heavy (non-hydrogen) atoms. The quantitative estimate of drug-likeness (QED) is 0.463.